The molecule has 0 unspecified atom stereocenters. The van der Waals surface area contributed by atoms with Crippen molar-refractivity contribution in [3.8, 4) is 0 Å². The lowest BCUT2D eigenvalue weighted by atomic mass is 10.1. The second-order valence-corrected chi connectivity index (χ2v) is 6.79. The number of hydrogen-bond acceptors (Lipinski definition) is 2. The van der Waals surface area contributed by atoms with Crippen molar-refractivity contribution in [2.45, 2.75) is 58.5 Å². The van der Waals surface area contributed by atoms with E-state index in [2.05, 4.69) is 25.7 Å². The van der Waals surface area contributed by atoms with Crippen LogP contribution in [0.5, 0.6) is 0 Å². The van der Waals surface area contributed by atoms with Gasteiger partial charge in [0.1, 0.15) is 0 Å². The number of rotatable bonds is 4. The minimum atomic E-state index is -0.0357. The Morgan fingerprint density at radius 1 is 1.15 bits per heavy atom. The Kier molecular flexibility index (Phi) is 4.97. The van der Waals surface area contributed by atoms with E-state index in [9.17, 15) is 4.79 Å². The molecule has 2 rings (SSSR count). The maximum absolute atomic E-state index is 12.1. The predicted octanol–water partition coefficient (Wildman–Crippen LogP) is 1.77. The molecule has 1 aliphatic rings. The van der Waals surface area contributed by atoms with Gasteiger partial charge >= 0.3 is 5.56 Å². The van der Waals surface area contributed by atoms with E-state index in [0.717, 1.165) is 19.5 Å². The maximum atomic E-state index is 12.1. The molecular weight excluding hydrogens is 250 g/mol. The molecule has 20 heavy (non-hydrogen) atoms. The molecular formula is C16H28N3O+. The summed E-state index contributed by atoms with van der Waals surface area (Å²) in [7, 11) is 0. The average Bonchev–Trinajstić information content (AvgIpc) is 2.40. The molecule has 1 fully saturated rings. The summed E-state index contributed by atoms with van der Waals surface area (Å²) in [6, 6.07) is 0. The smallest absolute Gasteiger partial charge is 0.304 e. The van der Waals surface area contributed by atoms with Crippen LogP contribution in [0.3, 0.4) is 0 Å². The minimum Gasteiger partial charge on any atom is -0.304 e. The number of nitrogens with zero attached hydrogens (tertiary/aromatic N) is 3. The number of aryl methyl sites for hydroxylation is 1. The van der Waals surface area contributed by atoms with E-state index in [1.807, 2.05) is 21.5 Å². The van der Waals surface area contributed by atoms with E-state index in [-0.39, 0.29) is 11.1 Å². The van der Waals surface area contributed by atoms with E-state index in [0.29, 0.717) is 0 Å². The third-order valence-electron chi connectivity index (χ3n) is 4.04. The van der Waals surface area contributed by atoms with Crippen LogP contribution in [0.4, 0.5) is 0 Å². The zero-order valence-electron chi connectivity index (χ0n) is 13.1. The molecule has 0 bridgehead atoms. The largest absolute Gasteiger partial charge is 0.314 e. The van der Waals surface area contributed by atoms with Gasteiger partial charge < -0.3 is 9.47 Å². The zero-order chi connectivity index (χ0) is 14.6. The van der Waals surface area contributed by atoms with Gasteiger partial charge in [0.15, 0.2) is 11.7 Å². The van der Waals surface area contributed by atoms with Crippen LogP contribution in [0.2, 0.25) is 0 Å². The van der Waals surface area contributed by atoms with E-state index >= 15 is 0 Å². The summed E-state index contributed by atoms with van der Waals surface area (Å²) in [6.07, 6.45) is 10.7. The van der Waals surface area contributed by atoms with Gasteiger partial charge in [-0.05, 0) is 38.9 Å². The first kappa shape index (κ1) is 15.2. The molecule has 1 aliphatic heterocycles. The first-order chi connectivity index (χ1) is 9.47. The Bertz CT molecular complexity index is 481. The molecule has 2 heterocycles. The van der Waals surface area contributed by atoms with Gasteiger partial charge in [-0.1, -0.05) is 6.42 Å². The van der Waals surface area contributed by atoms with Crippen LogP contribution in [0, 0.1) is 0 Å². The molecule has 4 nitrogen and oxygen atoms in total. The third-order valence-corrected chi connectivity index (χ3v) is 4.04. The van der Waals surface area contributed by atoms with Gasteiger partial charge in [-0.2, -0.15) is 4.57 Å². The minimum absolute atomic E-state index is 0.0357. The van der Waals surface area contributed by atoms with Crippen molar-refractivity contribution in [3.05, 3.63) is 28.9 Å². The first-order valence-electron chi connectivity index (χ1n) is 7.81. The number of piperidine rings is 1. The van der Waals surface area contributed by atoms with E-state index in [1.54, 1.807) is 6.20 Å². The van der Waals surface area contributed by atoms with E-state index < -0.39 is 0 Å². The van der Waals surface area contributed by atoms with Gasteiger partial charge in [-0.3, -0.25) is 4.79 Å². The second kappa shape index (κ2) is 6.53. The molecule has 0 aromatic carbocycles. The van der Waals surface area contributed by atoms with Gasteiger partial charge in [-0.15, -0.1) is 0 Å². The van der Waals surface area contributed by atoms with Gasteiger partial charge in [0, 0.05) is 27.3 Å². The van der Waals surface area contributed by atoms with Gasteiger partial charge in [0.25, 0.3) is 0 Å². The Morgan fingerprint density at radius 2 is 1.85 bits per heavy atom. The molecule has 1 saturated heterocycles. The van der Waals surface area contributed by atoms with Crippen molar-refractivity contribution >= 4 is 0 Å². The number of hydrogen-bond donors (Lipinski definition) is 0. The van der Waals surface area contributed by atoms with Crippen molar-refractivity contribution < 1.29 is 4.57 Å². The van der Waals surface area contributed by atoms with Crippen molar-refractivity contribution in [3.63, 3.8) is 0 Å². The highest BCUT2D eigenvalue weighted by atomic mass is 16.1. The molecule has 0 radical (unpaired) electrons. The molecule has 4 heteroatoms. The van der Waals surface area contributed by atoms with Crippen molar-refractivity contribution in [1.29, 1.82) is 0 Å². The fourth-order valence-electron chi connectivity index (χ4n) is 2.71. The summed E-state index contributed by atoms with van der Waals surface area (Å²) >= 11 is 0. The molecule has 0 atom stereocenters. The molecule has 0 saturated carbocycles. The van der Waals surface area contributed by atoms with Crippen molar-refractivity contribution in [2.24, 2.45) is 0 Å². The van der Waals surface area contributed by atoms with E-state index in [4.69, 9.17) is 0 Å². The molecule has 1 aromatic rings. The van der Waals surface area contributed by atoms with Crippen molar-refractivity contribution in [2.75, 3.05) is 19.6 Å². The standard InChI is InChI=1S/C16H28N3O/c1-16(2,3)19-13-12-18(15(20)14-19)11-7-10-17-8-5-4-6-9-17/h12-14H,4-11H2,1-3H3/q+1. The summed E-state index contributed by atoms with van der Waals surface area (Å²) in [5.41, 5.74) is 0.0625. The van der Waals surface area contributed by atoms with Crippen LogP contribution < -0.4 is 10.1 Å². The average molecular weight is 278 g/mol. The zero-order valence-corrected chi connectivity index (χ0v) is 13.1. The second-order valence-electron chi connectivity index (χ2n) is 6.79. The summed E-state index contributed by atoms with van der Waals surface area (Å²) in [5, 5.41) is 0. The molecule has 112 valence electrons. The highest BCUT2D eigenvalue weighted by molar-refractivity contribution is 4.76. The normalized spacial score (nSPS) is 17.4. The first-order valence-corrected chi connectivity index (χ1v) is 7.81. The highest BCUT2D eigenvalue weighted by Gasteiger charge is 2.21. The van der Waals surface area contributed by atoms with Crippen LogP contribution in [-0.2, 0) is 12.1 Å². The number of aromatic nitrogens is 2. The van der Waals surface area contributed by atoms with Crippen LogP contribution in [-0.4, -0.2) is 29.1 Å². The van der Waals surface area contributed by atoms with Crippen molar-refractivity contribution in [1.82, 2.24) is 9.47 Å². The number of likely N-dealkylation sites (tertiary alicyclic amines) is 1. The molecule has 1 aromatic heterocycles. The maximum Gasteiger partial charge on any atom is 0.314 e. The van der Waals surface area contributed by atoms with Crippen LogP contribution in [0.15, 0.2) is 23.4 Å². The Hall–Kier alpha value is -1.16. The summed E-state index contributed by atoms with van der Waals surface area (Å²) in [5.74, 6) is 0. The predicted molar refractivity (Wildman–Crippen MR) is 80.8 cm³/mol. The Morgan fingerprint density at radius 3 is 2.45 bits per heavy atom. The third kappa shape index (κ3) is 4.17. The van der Waals surface area contributed by atoms with Gasteiger partial charge in [0.2, 0.25) is 6.20 Å². The SMILES string of the molecule is CC(C)(C)[n+]1ccn(CCCN2CCCCC2)c(=O)c1. The molecule has 0 N–H and O–H groups in total. The summed E-state index contributed by atoms with van der Waals surface area (Å²) in [6.45, 7) is 10.7. The Balaban J connectivity index is 1.88. The fraction of sp³-hybridized carbons (Fsp3) is 0.750. The van der Waals surface area contributed by atoms with E-state index in [1.165, 1.54) is 32.4 Å². The monoisotopic (exact) mass is 278 g/mol. The lowest BCUT2D eigenvalue weighted by Crippen LogP contribution is -2.52. The van der Waals surface area contributed by atoms with Crippen LogP contribution in [0.1, 0.15) is 46.5 Å². The molecule has 0 aliphatic carbocycles. The Labute approximate surface area is 122 Å². The molecule has 0 amide bonds. The lowest BCUT2D eigenvalue weighted by Gasteiger charge is -2.26. The van der Waals surface area contributed by atoms with Gasteiger partial charge in [-0.25, -0.2) is 0 Å². The fourth-order valence-corrected chi connectivity index (χ4v) is 2.71. The molecule has 0 spiro atoms. The highest BCUT2D eigenvalue weighted by Crippen LogP contribution is 2.08. The quantitative estimate of drug-likeness (QED) is 0.786. The topological polar surface area (TPSA) is 29.1 Å². The van der Waals surface area contributed by atoms with Crippen LogP contribution >= 0.6 is 0 Å². The lowest BCUT2D eigenvalue weighted by molar-refractivity contribution is -0.755. The summed E-state index contributed by atoms with van der Waals surface area (Å²) < 4.78 is 3.81. The van der Waals surface area contributed by atoms with Gasteiger partial charge in [0.05, 0.1) is 6.20 Å². The van der Waals surface area contributed by atoms with Crippen LogP contribution in [0.25, 0.3) is 0 Å². The summed E-state index contributed by atoms with van der Waals surface area (Å²) in [4.78, 5) is 14.6.